The highest BCUT2D eigenvalue weighted by molar-refractivity contribution is 7.92. The summed E-state index contributed by atoms with van der Waals surface area (Å²) in [5.74, 6) is 0.152. The molecule has 0 saturated heterocycles. The molecule has 0 saturated carbocycles. The molecule has 8 heteroatoms. The van der Waals surface area contributed by atoms with Crippen LogP contribution in [0.3, 0.4) is 0 Å². The Morgan fingerprint density at radius 3 is 2.87 bits per heavy atom. The number of sulfonamides is 1. The van der Waals surface area contributed by atoms with E-state index in [1.165, 1.54) is 4.31 Å². The van der Waals surface area contributed by atoms with Gasteiger partial charge in [0.05, 0.1) is 11.9 Å². The molecule has 1 heterocycles. The predicted molar refractivity (Wildman–Crippen MR) is 87.2 cm³/mol. The number of carbonyl (C=O) groups is 1. The molecule has 0 radical (unpaired) electrons. The Labute approximate surface area is 136 Å². The minimum atomic E-state index is -3.43. The number of nitrogens with zero attached hydrogens (tertiary/aromatic N) is 1. The number of hydrogen-bond acceptors (Lipinski definition) is 5. The zero-order chi connectivity index (χ0) is 16.9. The van der Waals surface area contributed by atoms with Crippen molar-refractivity contribution in [2.45, 2.75) is 18.9 Å². The van der Waals surface area contributed by atoms with Gasteiger partial charge in [-0.25, -0.2) is 8.42 Å². The van der Waals surface area contributed by atoms with Crippen molar-refractivity contribution >= 4 is 21.6 Å². The van der Waals surface area contributed by atoms with E-state index in [-0.39, 0.29) is 18.9 Å². The van der Waals surface area contributed by atoms with Crippen molar-refractivity contribution < 1.29 is 22.7 Å². The summed E-state index contributed by atoms with van der Waals surface area (Å²) in [7, 11) is -1.83. The fourth-order valence-corrected chi connectivity index (χ4v) is 3.35. The Kier molecular flexibility index (Phi) is 5.84. The maximum Gasteiger partial charge on any atom is 0.261 e. The summed E-state index contributed by atoms with van der Waals surface area (Å²) >= 11 is 0. The number of ether oxygens (including phenoxy) is 2. The summed E-state index contributed by atoms with van der Waals surface area (Å²) in [5, 5.41) is 2.79. The number of para-hydroxylation sites is 2. The Balaban J connectivity index is 2.12. The SMILES string of the molecule is COCCCNC(=O)[C@@H]1CCN(S(C)(=O)=O)c2ccccc2O1. The summed E-state index contributed by atoms with van der Waals surface area (Å²) in [6.07, 6.45) is 1.43. The Hall–Kier alpha value is -1.80. The molecule has 0 fully saturated rings. The molecule has 7 nitrogen and oxygen atoms in total. The molecule has 0 bridgehead atoms. The minimum Gasteiger partial charge on any atom is -0.478 e. The maximum absolute atomic E-state index is 12.2. The lowest BCUT2D eigenvalue weighted by atomic mass is 10.2. The average molecular weight is 342 g/mol. The third-order valence-corrected chi connectivity index (χ3v) is 4.69. The fraction of sp³-hybridized carbons (Fsp3) is 0.533. The van der Waals surface area contributed by atoms with Gasteiger partial charge in [0.25, 0.3) is 5.91 Å². The zero-order valence-electron chi connectivity index (χ0n) is 13.3. The van der Waals surface area contributed by atoms with Crippen LogP contribution >= 0.6 is 0 Å². The van der Waals surface area contributed by atoms with Crippen LogP contribution in [0.1, 0.15) is 12.8 Å². The highest BCUT2D eigenvalue weighted by Crippen LogP contribution is 2.33. The van der Waals surface area contributed by atoms with E-state index in [9.17, 15) is 13.2 Å². The summed E-state index contributed by atoms with van der Waals surface area (Å²) < 4.78 is 35.9. The van der Waals surface area contributed by atoms with E-state index < -0.39 is 16.1 Å². The second-order valence-corrected chi connectivity index (χ2v) is 7.24. The lowest BCUT2D eigenvalue weighted by molar-refractivity contribution is -0.128. The first-order chi connectivity index (χ1) is 10.9. The van der Waals surface area contributed by atoms with Crippen LogP contribution in [0.2, 0.25) is 0 Å². The van der Waals surface area contributed by atoms with Crippen molar-refractivity contribution in [3.8, 4) is 5.75 Å². The molecule has 1 aliphatic rings. The molecule has 2 rings (SSSR count). The van der Waals surface area contributed by atoms with Crippen LogP contribution in [0.25, 0.3) is 0 Å². The van der Waals surface area contributed by atoms with Crippen molar-refractivity contribution in [1.29, 1.82) is 0 Å². The third-order valence-electron chi connectivity index (χ3n) is 3.51. The van der Waals surface area contributed by atoms with Gasteiger partial charge in [-0.15, -0.1) is 0 Å². The molecule has 0 aliphatic carbocycles. The number of anilines is 1. The molecule has 0 aromatic heterocycles. The second kappa shape index (κ2) is 7.65. The molecule has 0 unspecified atom stereocenters. The quantitative estimate of drug-likeness (QED) is 0.772. The van der Waals surface area contributed by atoms with Gasteiger partial charge in [-0.2, -0.15) is 0 Å². The first-order valence-electron chi connectivity index (χ1n) is 7.43. The van der Waals surface area contributed by atoms with Gasteiger partial charge in [0.15, 0.2) is 6.10 Å². The van der Waals surface area contributed by atoms with E-state index in [1.54, 1.807) is 31.4 Å². The normalized spacial score (nSPS) is 17.8. The molecule has 1 atom stereocenters. The summed E-state index contributed by atoms with van der Waals surface area (Å²) in [6, 6.07) is 6.84. The van der Waals surface area contributed by atoms with Crippen molar-refractivity contribution in [2.24, 2.45) is 0 Å². The smallest absolute Gasteiger partial charge is 0.261 e. The molecule has 128 valence electrons. The van der Waals surface area contributed by atoms with Gasteiger partial charge in [-0.05, 0) is 18.6 Å². The minimum absolute atomic E-state index is 0.200. The van der Waals surface area contributed by atoms with Gasteiger partial charge in [0, 0.05) is 33.2 Å². The van der Waals surface area contributed by atoms with E-state index in [1.807, 2.05) is 0 Å². The van der Waals surface area contributed by atoms with Gasteiger partial charge >= 0.3 is 0 Å². The Morgan fingerprint density at radius 1 is 1.43 bits per heavy atom. The van der Waals surface area contributed by atoms with Gasteiger partial charge in [-0.1, -0.05) is 12.1 Å². The fourth-order valence-electron chi connectivity index (χ4n) is 2.40. The van der Waals surface area contributed by atoms with Crippen LogP contribution in [0.15, 0.2) is 24.3 Å². The van der Waals surface area contributed by atoms with Crippen molar-refractivity contribution in [2.75, 3.05) is 37.4 Å². The van der Waals surface area contributed by atoms with Crippen LogP contribution in [0.5, 0.6) is 5.75 Å². The highest BCUT2D eigenvalue weighted by Gasteiger charge is 2.30. The second-order valence-electron chi connectivity index (χ2n) is 5.34. The van der Waals surface area contributed by atoms with E-state index in [2.05, 4.69) is 5.32 Å². The van der Waals surface area contributed by atoms with E-state index in [0.29, 0.717) is 31.0 Å². The molecule has 1 aromatic carbocycles. The number of nitrogens with one attached hydrogen (secondary N) is 1. The Morgan fingerprint density at radius 2 is 2.17 bits per heavy atom. The average Bonchev–Trinajstić information content (AvgIpc) is 2.70. The number of methoxy groups -OCH3 is 1. The molecule has 1 amide bonds. The number of carbonyl (C=O) groups excluding carboxylic acids is 1. The predicted octanol–water partition coefficient (Wildman–Crippen LogP) is 0.756. The standard InChI is InChI=1S/C15H22N2O5S/c1-21-11-5-9-16-15(18)14-8-10-17(23(2,19)20)12-6-3-4-7-13(12)22-14/h3-4,6-7,14H,5,8-11H2,1-2H3,(H,16,18)/t14-/m0/s1. The lowest BCUT2D eigenvalue weighted by Gasteiger charge is -2.20. The van der Waals surface area contributed by atoms with Gasteiger partial charge < -0.3 is 14.8 Å². The van der Waals surface area contributed by atoms with Crippen molar-refractivity contribution in [3.63, 3.8) is 0 Å². The monoisotopic (exact) mass is 342 g/mol. The van der Waals surface area contributed by atoms with Crippen LogP contribution < -0.4 is 14.4 Å². The van der Waals surface area contributed by atoms with Crippen molar-refractivity contribution in [1.82, 2.24) is 5.32 Å². The molecule has 0 spiro atoms. The molecule has 1 aromatic rings. The van der Waals surface area contributed by atoms with E-state index >= 15 is 0 Å². The number of hydrogen-bond donors (Lipinski definition) is 1. The molecule has 1 aliphatic heterocycles. The molecule has 1 N–H and O–H groups in total. The zero-order valence-corrected chi connectivity index (χ0v) is 14.1. The number of benzene rings is 1. The van der Waals surface area contributed by atoms with Crippen LogP contribution in [0.4, 0.5) is 5.69 Å². The number of amides is 1. The lowest BCUT2D eigenvalue weighted by Crippen LogP contribution is -2.40. The third kappa shape index (κ3) is 4.59. The van der Waals surface area contributed by atoms with Crippen LogP contribution in [-0.2, 0) is 19.6 Å². The summed E-state index contributed by atoms with van der Waals surface area (Å²) in [6.45, 7) is 1.26. The highest BCUT2D eigenvalue weighted by atomic mass is 32.2. The first kappa shape index (κ1) is 17.6. The summed E-state index contributed by atoms with van der Waals surface area (Å²) in [5.41, 5.74) is 0.463. The van der Waals surface area contributed by atoms with Crippen LogP contribution in [0, 0.1) is 0 Å². The van der Waals surface area contributed by atoms with Gasteiger partial charge in [0.1, 0.15) is 5.75 Å². The number of fused-ring (bicyclic) bond motifs is 1. The molecular weight excluding hydrogens is 320 g/mol. The van der Waals surface area contributed by atoms with Crippen LogP contribution in [-0.4, -0.2) is 53.5 Å². The van der Waals surface area contributed by atoms with Gasteiger partial charge in [0.2, 0.25) is 10.0 Å². The van der Waals surface area contributed by atoms with E-state index in [4.69, 9.17) is 9.47 Å². The van der Waals surface area contributed by atoms with Gasteiger partial charge in [-0.3, -0.25) is 9.10 Å². The summed E-state index contributed by atoms with van der Waals surface area (Å²) in [4.78, 5) is 12.2. The van der Waals surface area contributed by atoms with Crippen molar-refractivity contribution in [3.05, 3.63) is 24.3 Å². The Bertz CT molecular complexity index is 647. The van der Waals surface area contributed by atoms with E-state index in [0.717, 1.165) is 6.26 Å². The number of rotatable bonds is 6. The maximum atomic E-state index is 12.2. The largest absolute Gasteiger partial charge is 0.478 e. The first-order valence-corrected chi connectivity index (χ1v) is 9.28. The topological polar surface area (TPSA) is 84.9 Å². The molecule has 23 heavy (non-hydrogen) atoms. The molecular formula is C15H22N2O5S.